The molecule has 0 bridgehead atoms. The van der Waals surface area contributed by atoms with Crippen molar-refractivity contribution in [2.24, 2.45) is 17.8 Å². The highest BCUT2D eigenvalue weighted by Gasteiger charge is 2.34. The van der Waals surface area contributed by atoms with Gasteiger partial charge in [0, 0.05) is 0 Å². The SMILES string of the molecule is CC(C)[C@H]1CC[C@H](C)C[C@@H]1OC(=O)[C@@H](C)c1ccccc1. The molecule has 1 aliphatic carbocycles. The van der Waals surface area contributed by atoms with Crippen LogP contribution in [0.15, 0.2) is 30.3 Å². The second-order valence-electron chi connectivity index (χ2n) is 6.93. The molecule has 4 atom stereocenters. The van der Waals surface area contributed by atoms with E-state index >= 15 is 0 Å². The Morgan fingerprint density at radius 3 is 2.43 bits per heavy atom. The average molecular weight is 288 g/mol. The first-order valence-electron chi connectivity index (χ1n) is 8.24. The minimum Gasteiger partial charge on any atom is -0.462 e. The molecule has 1 saturated carbocycles. The summed E-state index contributed by atoms with van der Waals surface area (Å²) in [6, 6.07) is 9.90. The smallest absolute Gasteiger partial charge is 0.313 e. The summed E-state index contributed by atoms with van der Waals surface area (Å²) in [5.74, 6) is 1.47. The van der Waals surface area contributed by atoms with Gasteiger partial charge in [0.2, 0.25) is 0 Å². The van der Waals surface area contributed by atoms with E-state index in [9.17, 15) is 4.79 Å². The number of hydrogen-bond acceptors (Lipinski definition) is 2. The number of hydrogen-bond donors (Lipinski definition) is 0. The number of carbonyl (C=O) groups excluding carboxylic acids is 1. The molecule has 0 aromatic heterocycles. The van der Waals surface area contributed by atoms with E-state index in [2.05, 4.69) is 20.8 Å². The summed E-state index contributed by atoms with van der Waals surface area (Å²) >= 11 is 0. The zero-order valence-electron chi connectivity index (χ0n) is 13.7. The maximum atomic E-state index is 12.5. The van der Waals surface area contributed by atoms with Crippen molar-refractivity contribution in [2.75, 3.05) is 0 Å². The van der Waals surface area contributed by atoms with Crippen molar-refractivity contribution in [2.45, 2.75) is 59.0 Å². The second-order valence-corrected chi connectivity index (χ2v) is 6.93. The molecule has 0 saturated heterocycles. The van der Waals surface area contributed by atoms with Crippen LogP contribution in [0.3, 0.4) is 0 Å². The predicted octanol–water partition coefficient (Wildman–Crippen LogP) is 4.79. The summed E-state index contributed by atoms with van der Waals surface area (Å²) in [7, 11) is 0. The van der Waals surface area contributed by atoms with Gasteiger partial charge in [-0.25, -0.2) is 0 Å². The molecular formula is C19H28O2. The fraction of sp³-hybridized carbons (Fsp3) is 0.632. The maximum Gasteiger partial charge on any atom is 0.313 e. The van der Waals surface area contributed by atoms with Crippen LogP contribution >= 0.6 is 0 Å². The van der Waals surface area contributed by atoms with Gasteiger partial charge in [-0.3, -0.25) is 4.79 Å². The first kappa shape index (κ1) is 16.1. The summed E-state index contributed by atoms with van der Waals surface area (Å²) in [6.45, 7) is 8.68. The Hall–Kier alpha value is -1.31. The van der Waals surface area contributed by atoms with Crippen LogP contribution in [0.4, 0.5) is 0 Å². The highest BCUT2D eigenvalue weighted by atomic mass is 16.5. The number of carbonyl (C=O) groups is 1. The van der Waals surface area contributed by atoms with Crippen LogP contribution in [0.1, 0.15) is 58.4 Å². The molecule has 1 aromatic rings. The van der Waals surface area contributed by atoms with Crippen LogP contribution < -0.4 is 0 Å². The number of ether oxygens (including phenoxy) is 1. The van der Waals surface area contributed by atoms with Gasteiger partial charge in [-0.2, -0.15) is 0 Å². The Morgan fingerprint density at radius 1 is 1.14 bits per heavy atom. The first-order valence-corrected chi connectivity index (χ1v) is 8.24. The largest absolute Gasteiger partial charge is 0.462 e. The summed E-state index contributed by atoms with van der Waals surface area (Å²) in [4.78, 5) is 12.5. The molecule has 116 valence electrons. The summed E-state index contributed by atoms with van der Waals surface area (Å²) < 4.78 is 5.91. The number of rotatable bonds is 4. The van der Waals surface area contributed by atoms with Crippen LogP contribution in [0.25, 0.3) is 0 Å². The summed E-state index contributed by atoms with van der Waals surface area (Å²) in [5.41, 5.74) is 1.03. The van der Waals surface area contributed by atoms with E-state index in [0.29, 0.717) is 17.8 Å². The minimum atomic E-state index is -0.184. The number of benzene rings is 1. The van der Waals surface area contributed by atoms with Crippen LogP contribution in [-0.2, 0) is 9.53 Å². The lowest BCUT2D eigenvalue weighted by atomic mass is 9.75. The van der Waals surface area contributed by atoms with Crippen molar-refractivity contribution in [3.8, 4) is 0 Å². The molecule has 2 rings (SSSR count). The zero-order chi connectivity index (χ0) is 15.4. The lowest BCUT2D eigenvalue weighted by Crippen LogP contribution is -2.36. The Labute approximate surface area is 128 Å². The molecule has 21 heavy (non-hydrogen) atoms. The third-order valence-electron chi connectivity index (χ3n) is 4.88. The Bertz CT molecular complexity index is 452. The van der Waals surface area contributed by atoms with Gasteiger partial charge >= 0.3 is 5.97 Å². The normalized spacial score (nSPS) is 27.4. The van der Waals surface area contributed by atoms with Gasteiger partial charge in [0.05, 0.1) is 5.92 Å². The molecule has 0 heterocycles. The molecule has 1 aliphatic rings. The molecule has 0 radical (unpaired) electrons. The van der Waals surface area contributed by atoms with Crippen molar-refractivity contribution in [1.82, 2.24) is 0 Å². The van der Waals surface area contributed by atoms with Crippen molar-refractivity contribution in [3.63, 3.8) is 0 Å². The molecule has 1 fully saturated rings. The Balaban J connectivity index is 2.02. The van der Waals surface area contributed by atoms with E-state index in [1.54, 1.807) is 0 Å². The standard InChI is InChI=1S/C19H28O2/c1-13(2)17-11-10-14(3)12-18(17)21-19(20)15(4)16-8-6-5-7-9-16/h5-9,13-15,17-18H,10-12H2,1-4H3/t14-,15-,17+,18-/m0/s1. The summed E-state index contributed by atoms with van der Waals surface area (Å²) in [6.07, 6.45) is 3.53. The van der Waals surface area contributed by atoms with Crippen molar-refractivity contribution in [1.29, 1.82) is 0 Å². The highest BCUT2D eigenvalue weighted by Crippen LogP contribution is 2.36. The molecule has 0 amide bonds. The summed E-state index contributed by atoms with van der Waals surface area (Å²) in [5, 5.41) is 0. The van der Waals surface area contributed by atoms with Crippen molar-refractivity contribution in [3.05, 3.63) is 35.9 Å². The molecule has 2 heteroatoms. The van der Waals surface area contributed by atoms with Gasteiger partial charge in [0.15, 0.2) is 0 Å². The molecule has 0 N–H and O–H groups in total. The second kappa shape index (κ2) is 7.11. The van der Waals surface area contributed by atoms with Gasteiger partial charge < -0.3 is 4.74 Å². The van der Waals surface area contributed by atoms with E-state index in [0.717, 1.165) is 12.0 Å². The van der Waals surface area contributed by atoms with Crippen LogP contribution in [-0.4, -0.2) is 12.1 Å². The fourth-order valence-corrected chi connectivity index (χ4v) is 3.38. The third kappa shape index (κ3) is 4.09. The van der Waals surface area contributed by atoms with Crippen LogP contribution in [0.2, 0.25) is 0 Å². The van der Waals surface area contributed by atoms with E-state index in [4.69, 9.17) is 4.74 Å². The monoisotopic (exact) mass is 288 g/mol. The molecule has 0 spiro atoms. The van der Waals surface area contributed by atoms with Crippen LogP contribution in [0.5, 0.6) is 0 Å². The molecule has 1 aromatic carbocycles. The van der Waals surface area contributed by atoms with Crippen LogP contribution in [0, 0.1) is 17.8 Å². The fourth-order valence-electron chi connectivity index (χ4n) is 3.38. The van der Waals surface area contributed by atoms with Gasteiger partial charge in [-0.1, -0.05) is 57.5 Å². The van der Waals surface area contributed by atoms with E-state index in [-0.39, 0.29) is 18.0 Å². The van der Waals surface area contributed by atoms with E-state index in [1.807, 2.05) is 37.3 Å². The minimum absolute atomic E-state index is 0.0778. The highest BCUT2D eigenvalue weighted by molar-refractivity contribution is 5.77. The van der Waals surface area contributed by atoms with Gasteiger partial charge in [-0.15, -0.1) is 0 Å². The topological polar surface area (TPSA) is 26.3 Å². The zero-order valence-corrected chi connectivity index (χ0v) is 13.7. The maximum absolute atomic E-state index is 12.5. The quantitative estimate of drug-likeness (QED) is 0.744. The number of esters is 1. The Morgan fingerprint density at radius 2 is 1.81 bits per heavy atom. The lowest BCUT2D eigenvalue weighted by Gasteiger charge is -2.37. The Kier molecular flexibility index (Phi) is 5.44. The van der Waals surface area contributed by atoms with E-state index in [1.165, 1.54) is 12.8 Å². The average Bonchev–Trinajstić information content (AvgIpc) is 2.47. The molecule has 0 unspecified atom stereocenters. The van der Waals surface area contributed by atoms with Gasteiger partial charge in [-0.05, 0) is 43.1 Å². The van der Waals surface area contributed by atoms with Gasteiger partial charge in [0.25, 0.3) is 0 Å². The predicted molar refractivity (Wildman–Crippen MR) is 86.1 cm³/mol. The first-order chi connectivity index (χ1) is 9.99. The van der Waals surface area contributed by atoms with E-state index < -0.39 is 0 Å². The lowest BCUT2D eigenvalue weighted by molar-refractivity contribution is -0.157. The molecule has 0 aliphatic heterocycles. The molecule has 2 nitrogen and oxygen atoms in total. The third-order valence-corrected chi connectivity index (χ3v) is 4.88. The van der Waals surface area contributed by atoms with Crippen molar-refractivity contribution < 1.29 is 9.53 Å². The molecular weight excluding hydrogens is 260 g/mol. The van der Waals surface area contributed by atoms with Gasteiger partial charge in [0.1, 0.15) is 6.10 Å². The van der Waals surface area contributed by atoms with Crippen molar-refractivity contribution >= 4 is 5.97 Å².